The van der Waals surface area contributed by atoms with Gasteiger partial charge in [-0.05, 0) is 18.2 Å². The van der Waals surface area contributed by atoms with Crippen LogP contribution in [0, 0.1) is 0 Å². The molecule has 2 aromatic rings. The molecule has 2 N–H and O–H groups in total. The summed E-state index contributed by atoms with van der Waals surface area (Å²) in [7, 11) is 1.40. The normalized spacial score (nSPS) is 10.6. The number of aromatic nitrogens is 1. The van der Waals surface area contributed by atoms with Crippen LogP contribution in [-0.2, 0) is 16.1 Å². The highest BCUT2D eigenvalue weighted by molar-refractivity contribution is 5.91. The summed E-state index contributed by atoms with van der Waals surface area (Å²) in [6, 6.07) is 7.73. The fourth-order valence-corrected chi connectivity index (χ4v) is 1.76. The number of benzene rings is 1. The molecule has 0 aliphatic rings. The first-order valence-corrected chi connectivity index (χ1v) is 5.12. The minimum absolute atomic E-state index is 0.203. The maximum atomic E-state index is 11.0. The Balaban J connectivity index is 2.25. The second-order valence-electron chi connectivity index (χ2n) is 3.62. The molecule has 0 aliphatic carbocycles. The maximum Gasteiger partial charge on any atom is 0.307 e. The molecule has 0 atom stereocenters. The van der Waals surface area contributed by atoms with Crippen molar-refractivity contribution in [3.8, 4) is 0 Å². The Kier molecular flexibility index (Phi) is 2.81. The lowest BCUT2D eigenvalue weighted by Crippen LogP contribution is -2.06. The highest BCUT2D eigenvalue weighted by Gasteiger charge is 2.05. The molecule has 0 radical (unpaired) electrons. The van der Waals surface area contributed by atoms with Crippen molar-refractivity contribution in [2.45, 2.75) is 13.0 Å². The third-order valence-electron chi connectivity index (χ3n) is 2.63. The second-order valence-corrected chi connectivity index (χ2v) is 3.62. The Hall–Kier alpha value is -1.97. The number of nitrogen functional groups attached to an aromatic ring is 1. The lowest BCUT2D eigenvalue weighted by molar-refractivity contribution is -0.140. The summed E-state index contributed by atoms with van der Waals surface area (Å²) in [4.78, 5) is 11.0. The van der Waals surface area contributed by atoms with E-state index in [1.165, 1.54) is 7.11 Å². The van der Waals surface area contributed by atoms with E-state index in [2.05, 4.69) is 4.74 Å². The molecule has 0 spiro atoms. The minimum Gasteiger partial charge on any atom is -0.469 e. The Labute approximate surface area is 93.6 Å². The zero-order valence-electron chi connectivity index (χ0n) is 9.14. The molecule has 4 nitrogen and oxygen atoms in total. The number of hydrogen-bond donors (Lipinski definition) is 1. The third kappa shape index (κ3) is 1.86. The van der Waals surface area contributed by atoms with Gasteiger partial charge in [0, 0.05) is 23.8 Å². The molecule has 1 aromatic heterocycles. The topological polar surface area (TPSA) is 57.2 Å². The summed E-state index contributed by atoms with van der Waals surface area (Å²) in [6.45, 7) is 0.611. The van der Waals surface area contributed by atoms with E-state index in [1.807, 2.05) is 35.0 Å². The van der Waals surface area contributed by atoms with E-state index in [0.29, 0.717) is 13.0 Å². The van der Waals surface area contributed by atoms with Crippen LogP contribution < -0.4 is 5.73 Å². The van der Waals surface area contributed by atoms with Crippen LogP contribution >= 0.6 is 0 Å². The van der Waals surface area contributed by atoms with Crippen molar-refractivity contribution < 1.29 is 9.53 Å². The van der Waals surface area contributed by atoms with E-state index in [1.54, 1.807) is 0 Å². The highest BCUT2D eigenvalue weighted by Crippen LogP contribution is 2.21. The SMILES string of the molecule is COC(=O)CCn1ccc2c(N)cccc21. The molecule has 1 aromatic carbocycles. The number of methoxy groups -OCH3 is 1. The maximum absolute atomic E-state index is 11.0. The summed E-state index contributed by atoms with van der Waals surface area (Å²) in [5, 5.41) is 1.02. The van der Waals surface area contributed by atoms with Gasteiger partial charge in [-0.15, -0.1) is 0 Å². The molecule has 2 rings (SSSR count). The minimum atomic E-state index is -0.203. The molecule has 0 bridgehead atoms. The Morgan fingerprint density at radius 1 is 1.44 bits per heavy atom. The number of carbonyl (C=O) groups excluding carboxylic acids is 1. The van der Waals surface area contributed by atoms with Crippen LogP contribution in [0.3, 0.4) is 0 Å². The monoisotopic (exact) mass is 218 g/mol. The third-order valence-corrected chi connectivity index (χ3v) is 2.63. The number of nitrogens with zero attached hydrogens (tertiary/aromatic N) is 1. The molecular formula is C12H14N2O2. The van der Waals surface area contributed by atoms with Gasteiger partial charge < -0.3 is 15.0 Å². The number of aryl methyl sites for hydroxylation is 1. The number of anilines is 1. The number of fused-ring (bicyclic) bond motifs is 1. The first-order chi connectivity index (χ1) is 7.72. The zero-order chi connectivity index (χ0) is 11.5. The molecule has 16 heavy (non-hydrogen) atoms. The van der Waals surface area contributed by atoms with Crippen molar-refractivity contribution >= 4 is 22.6 Å². The molecule has 0 amide bonds. The van der Waals surface area contributed by atoms with Gasteiger partial charge in [0.1, 0.15) is 0 Å². The molecule has 0 unspecified atom stereocenters. The van der Waals surface area contributed by atoms with Gasteiger partial charge in [-0.2, -0.15) is 0 Å². The van der Waals surface area contributed by atoms with Crippen LogP contribution in [0.5, 0.6) is 0 Å². The zero-order valence-corrected chi connectivity index (χ0v) is 9.14. The molecule has 4 heteroatoms. The summed E-state index contributed by atoms with van der Waals surface area (Å²) in [5.74, 6) is -0.203. The van der Waals surface area contributed by atoms with Gasteiger partial charge in [-0.3, -0.25) is 4.79 Å². The second kappa shape index (κ2) is 4.26. The first kappa shape index (κ1) is 10.5. The summed E-state index contributed by atoms with van der Waals surface area (Å²) < 4.78 is 6.61. The van der Waals surface area contributed by atoms with Crippen LogP contribution in [0.2, 0.25) is 0 Å². The summed E-state index contributed by atoms with van der Waals surface area (Å²) >= 11 is 0. The average molecular weight is 218 g/mol. The van der Waals surface area contributed by atoms with Gasteiger partial charge in [0.25, 0.3) is 0 Å². The van der Waals surface area contributed by atoms with Crippen LogP contribution in [0.25, 0.3) is 10.9 Å². The lowest BCUT2D eigenvalue weighted by Gasteiger charge is -2.04. The van der Waals surface area contributed by atoms with Crippen molar-refractivity contribution in [2.75, 3.05) is 12.8 Å². The predicted octanol–water partition coefficient (Wildman–Crippen LogP) is 1.79. The lowest BCUT2D eigenvalue weighted by atomic mass is 10.2. The van der Waals surface area contributed by atoms with Crippen molar-refractivity contribution in [3.63, 3.8) is 0 Å². The number of rotatable bonds is 3. The van der Waals surface area contributed by atoms with Crippen LogP contribution in [0.15, 0.2) is 30.5 Å². The Morgan fingerprint density at radius 2 is 2.25 bits per heavy atom. The quantitative estimate of drug-likeness (QED) is 0.631. The Morgan fingerprint density at radius 3 is 3.00 bits per heavy atom. The van der Waals surface area contributed by atoms with E-state index < -0.39 is 0 Å². The molecule has 0 fully saturated rings. The van der Waals surface area contributed by atoms with E-state index in [9.17, 15) is 4.79 Å². The molecule has 1 heterocycles. The van der Waals surface area contributed by atoms with Crippen molar-refractivity contribution in [1.29, 1.82) is 0 Å². The number of esters is 1. The van der Waals surface area contributed by atoms with Gasteiger partial charge in [0.2, 0.25) is 0 Å². The van der Waals surface area contributed by atoms with Crippen molar-refractivity contribution in [1.82, 2.24) is 4.57 Å². The van der Waals surface area contributed by atoms with E-state index in [0.717, 1.165) is 16.6 Å². The van der Waals surface area contributed by atoms with Crippen LogP contribution in [-0.4, -0.2) is 17.6 Å². The molecule has 84 valence electrons. The molecule has 0 aliphatic heterocycles. The molecule has 0 saturated heterocycles. The summed E-state index contributed by atoms with van der Waals surface area (Å²) in [6.07, 6.45) is 2.30. The number of carbonyl (C=O) groups is 1. The van der Waals surface area contributed by atoms with Gasteiger partial charge in [0.15, 0.2) is 0 Å². The predicted molar refractivity (Wildman–Crippen MR) is 63.0 cm³/mol. The first-order valence-electron chi connectivity index (χ1n) is 5.12. The Bertz CT molecular complexity index is 517. The van der Waals surface area contributed by atoms with E-state index >= 15 is 0 Å². The number of hydrogen-bond acceptors (Lipinski definition) is 3. The smallest absolute Gasteiger partial charge is 0.307 e. The van der Waals surface area contributed by atoms with Gasteiger partial charge in [-0.1, -0.05) is 6.07 Å². The summed E-state index contributed by atoms with van der Waals surface area (Å²) in [5.41, 5.74) is 7.65. The van der Waals surface area contributed by atoms with Gasteiger partial charge >= 0.3 is 5.97 Å². The van der Waals surface area contributed by atoms with Crippen LogP contribution in [0.4, 0.5) is 5.69 Å². The van der Waals surface area contributed by atoms with Crippen molar-refractivity contribution in [2.24, 2.45) is 0 Å². The number of ether oxygens (including phenoxy) is 1. The highest BCUT2D eigenvalue weighted by atomic mass is 16.5. The average Bonchev–Trinajstić information content (AvgIpc) is 2.70. The fraction of sp³-hybridized carbons (Fsp3) is 0.250. The van der Waals surface area contributed by atoms with E-state index in [4.69, 9.17) is 5.73 Å². The fourth-order valence-electron chi connectivity index (χ4n) is 1.76. The largest absolute Gasteiger partial charge is 0.469 e. The van der Waals surface area contributed by atoms with Crippen LogP contribution in [0.1, 0.15) is 6.42 Å². The number of nitrogens with two attached hydrogens (primary N) is 1. The van der Waals surface area contributed by atoms with Gasteiger partial charge in [-0.25, -0.2) is 0 Å². The van der Waals surface area contributed by atoms with Crippen molar-refractivity contribution in [3.05, 3.63) is 30.5 Å². The molecular weight excluding hydrogens is 204 g/mol. The van der Waals surface area contributed by atoms with Gasteiger partial charge in [0.05, 0.1) is 19.0 Å². The molecule has 0 saturated carbocycles. The standard InChI is InChI=1S/C12H14N2O2/c1-16-12(15)6-8-14-7-5-9-10(13)3-2-4-11(9)14/h2-5,7H,6,8,13H2,1H3. The van der Waals surface area contributed by atoms with E-state index in [-0.39, 0.29) is 5.97 Å².